The van der Waals surface area contributed by atoms with Gasteiger partial charge in [-0.3, -0.25) is 4.90 Å². The maximum absolute atomic E-state index is 3.78. The molecule has 0 spiro atoms. The summed E-state index contributed by atoms with van der Waals surface area (Å²) in [6, 6.07) is 1.15. The number of piperazine rings is 1. The third-order valence-electron chi connectivity index (χ3n) is 2.08. The maximum Gasteiger partial charge on any atom is 0.0398 e. The van der Waals surface area contributed by atoms with Gasteiger partial charge in [-0.15, -0.1) is 6.58 Å². The predicted octanol–water partition coefficient (Wildman–Crippen LogP) is 0.464. The largest absolute Gasteiger partial charge is 0.311 e. The summed E-state index contributed by atoms with van der Waals surface area (Å²) in [6.07, 6.45) is 2.00. The Morgan fingerprint density at radius 2 is 2.40 bits per heavy atom. The molecule has 0 aromatic carbocycles. The van der Waals surface area contributed by atoms with Gasteiger partial charge in [0, 0.05) is 25.2 Å². The van der Waals surface area contributed by atoms with E-state index in [9.17, 15) is 0 Å². The normalized spacial score (nSPS) is 35.8. The Morgan fingerprint density at radius 1 is 1.70 bits per heavy atom. The molecule has 2 nitrogen and oxygen atoms in total. The lowest BCUT2D eigenvalue weighted by molar-refractivity contribution is 0.201. The van der Waals surface area contributed by atoms with Crippen molar-refractivity contribution in [3.8, 4) is 0 Å². The second-order valence-corrected chi connectivity index (χ2v) is 3.05. The zero-order valence-corrected chi connectivity index (χ0v) is 6.80. The average molecular weight is 140 g/mol. The van der Waals surface area contributed by atoms with Crippen LogP contribution in [0.5, 0.6) is 0 Å². The van der Waals surface area contributed by atoms with Crippen LogP contribution in [-0.4, -0.2) is 37.1 Å². The molecule has 1 rings (SSSR count). The van der Waals surface area contributed by atoms with Gasteiger partial charge < -0.3 is 5.32 Å². The van der Waals surface area contributed by atoms with Crippen molar-refractivity contribution in [1.82, 2.24) is 10.2 Å². The van der Waals surface area contributed by atoms with Crippen molar-refractivity contribution in [2.45, 2.75) is 19.0 Å². The van der Waals surface area contributed by atoms with Crippen LogP contribution in [0.2, 0.25) is 0 Å². The van der Waals surface area contributed by atoms with Gasteiger partial charge in [-0.05, 0) is 14.0 Å². The number of nitrogens with zero attached hydrogens (tertiary/aromatic N) is 1. The minimum absolute atomic E-state index is 0.524. The van der Waals surface area contributed by atoms with Crippen molar-refractivity contribution in [2.75, 3.05) is 20.1 Å². The van der Waals surface area contributed by atoms with E-state index >= 15 is 0 Å². The first kappa shape index (κ1) is 7.76. The molecule has 0 aromatic heterocycles. The molecule has 0 saturated carbocycles. The molecule has 58 valence electrons. The van der Waals surface area contributed by atoms with Crippen LogP contribution in [0.25, 0.3) is 0 Å². The highest BCUT2D eigenvalue weighted by molar-refractivity contribution is 4.93. The zero-order chi connectivity index (χ0) is 7.56. The number of hydrogen-bond acceptors (Lipinski definition) is 2. The summed E-state index contributed by atoms with van der Waals surface area (Å²) in [7, 11) is 2.14. The molecule has 2 heteroatoms. The van der Waals surface area contributed by atoms with E-state index in [4.69, 9.17) is 0 Å². The van der Waals surface area contributed by atoms with Gasteiger partial charge in [-0.1, -0.05) is 6.08 Å². The Labute approximate surface area is 62.9 Å². The van der Waals surface area contributed by atoms with Crippen molar-refractivity contribution >= 4 is 0 Å². The minimum atomic E-state index is 0.524. The van der Waals surface area contributed by atoms with Crippen LogP contribution >= 0.6 is 0 Å². The molecule has 1 N–H and O–H groups in total. The van der Waals surface area contributed by atoms with Crippen LogP contribution in [0.1, 0.15) is 6.92 Å². The second-order valence-electron chi connectivity index (χ2n) is 3.05. The number of hydrogen-bond donors (Lipinski definition) is 1. The molecule has 0 radical (unpaired) electrons. The summed E-state index contributed by atoms with van der Waals surface area (Å²) in [5.74, 6) is 0. The van der Waals surface area contributed by atoms with Gasteiger partial charge in [0.05, 0.1) is 0 Å². The van der Waals surface area contributed by atoms with Gasteiger partial charge in [-0.25, -0.2) is 0 Å². The molecule has 0 unspecified atom stereocenters. The molecule has 2 atom stereocenters. The van der Waals surface area contributed by atoms with Crippen LogP contribution < -0.4 is 5.32 Å². The fourth-order valence-electron chi connectivity index (χ4n) is 1.37. The van der Waals surface area contributed by atoms with E-state index in [1.54, 1.807) is 0 Å². The van der Waals surface area contributed by atoms with Crippen molar-refractivity contribution < 1.29 is 0 Å². The molecule has 0 aromatic rings. The van der Waals surface area contributed by atoms with E-state index < -0.39 is 0 Å². The van der Waals surface area contributed by atoms with Gasteiger partial charge in [0.1, 0.15) is 0 Å². The summed E-state index contributed by atoms with van der Waals surface area (Å²) in [4.78, 5) is 2.33. The van der Waals surface area contributed by atoms with E-state index in [0.717, 1.165) is 13.1 Å². The van der Waals surface area contributed by atoms with Crippen LogP contribution in [0, 0.1) is 0 Å². The standard InChI is InChI=1S/C8H16N2/c1-4-8-5-9-7(2)6-10(8)3/h4,7-9H,1,5-6H2,2-3H3/t7-,8-/m0/s1. The highest BCUT2D eigenvalue weighted by Crippen LogP contribution is 2.03. The number of likely N-dealkylation sites (N-methyl/N-ethyl adjacent to an activating group) is 1. The molecular weight excluding hydrogens is 124 g/mol. The molecule has 1 aliphatic heterocycles. The van der Waals surface area contributed by atoms with Crippen molar-refractivity contribution in [3.05, 3.63) is 12.7 Å². The molecule has 0 bridgehead atoms. The first-order valence-electron chi connectivity index (χ1n) is 3.80. The average Bonchev–Trinajstić information content (AvgIpc) is 1.88. The van der Waals surface area contributed by atoms with Crippen molar-refractivity contribution in [3.63, 3.8) is 0 Å². The number of rotatable bonds is 1. The Morgan fingerprint density at radius 3 is 2.90 bits per heavy atom. The Kier molecular flexibility index (Phi) is 2.46. The lowest BCUT2D eigenvalue weighted by Gasteiger charge is -2.34. The lowest BCUT2D eigenvalue weighted by Crippen LogP contribution is -2.52. The quantitative estimate of drug-likeness (QED) is 0.532. The Bertz CT molecular complexity index is 122. The SMILES string of the molecule is C=C[C@H]1CN[C@@H](C)CN1C. The first-order chi connectivity index (χ1) is 4.74. The molecule has 1 aliphatic rings. The molecule has 10 heavy (non-hydrogen) atoms. The van der Waals surface area contributed by atoms with Gasteiger partial charge in [0.2, 0.25) is 0 Å². The highest BCUT2D eigenvalue weighted by atomic mass is 15.2. The summed E-state index contributed by atoms with van der Waals surface area (Å²) in [6.45, 7) is 8.15. The molecular formula is C8H16N2. The van der Waals surface area contributed by atoms with Crippen molar-refractivity contribution in [1.29, 1.82) is 0 Å². The Hall–Kier alpha value is -0.340. The fraction of sp³-hybridized carbons (Fsp3) is 0.750. The minimum Gasteiger partial charge on any atom is -0.311 e. The van der Waals surface area contributed by atoms with Crippen LogP contribution in [0.15, 0.2) is 12.7 Å². The summed E-state index contributed by atoms with van der Waals surface area (Å²) >= 11 is 0. The van der Waals surface area contributed by atoms with E-state index in [1.807, 2.05) is 6.08 Å². The third kappa shape index (κ3) is 1.58. The van der Waals surface area contributed by atoms with Crippen LogP contribution in [0.4, 0.5) is 0 Å². The van der Waals surface area contributed by atoms with Gasteiger partial charge >= 0.3 is 0 Å². The maximum atomic E-state index is 3.78. The topological polar surface area (TPSA) is 15.3 Å². The van der Waals surface area contributed by atoms with E-state index in [1.165, 1.54) is 0 Å². The van der Waals surface area contributed by atoms with Gasteiger partial charge in [0.25, 0.3) is 0 Å². The van der Waals surface area contributed by atoms with E-state index in [2.05, 4.69) is 30.8 Å². The van der Waals surface area contributed by atoms with Crippen molar-refractivity contribution in [2.24, 2.45) is 0 Å². The van der Waals surface area contributed by atoms with Gasteiger partial charge in [-0.2, -0.15) is 0 Å². The fourth-order valence-corrected chi connectivity index (χ4v) is 1.37. The van der Waals surface area contributed by atoms with E-state index in [-0.39, 0.29) is 0 Å². The zero-order valence-electron chi connectivity index (χ0n) is 6.80. The highest BCUT2D eigenvalue weighted by Gasteiger charge is 2.19. The van der Waals surface area contributed by atoms with E-state index in [0.29, 0.717) is 12.1 Å². The van der Waals surface area contributed by atoms with Crippen LogP contribution in [-0.2, 0) is 0 Å². The summed E-state index contributed by atoms with van der Waals surface area (Å²) in [5, 5.41) is 3.40. The molecule has 1 saturated heterocycles. The molecule has 1 fully saturated rings. The third-order valence-corrected chi connectivity index (χ3v) is 2.08. The predicted molar refractivity (Wildman–Crippen MR) is 44.1 cm³/mol. The molecule has 0 aliphatic carbocycles. The summed E-state index contributed by atoms with van der Waals surface area (Å²) < 4.78 is 0. The summed E-state index contributed by atoms with van der Waals surface area (Å²) in [5.41, 5.74) is 0. The first-order valence-corrected chi connectivity index (χ1v) is 3.80. The lowest BCUT2D eigenvalue weighted by atomic mass is 10.1. The van der Waals surface area contributed by atoms with Crippen LogP contribution in [0.3, 0.4) is 0 Å². The smallest absolute Gasteiger partial charge is 0.0398 e. The number of nitrogens with one attached hydrogen (secondary N) is 1. The molecule has 1 heterocycles. The second kappa shape index (κ2) is 3.17. The monoisotopic (exact) mass is 140 g/mol. The molecule has 0 amide bonds. The Balaban J connectivity index is 2.43. The van der Waals surface area contributed by atoms with Gasteiger partial charge in [0.15, 0.2) is 0 Å².